The fraction of sp³-hybridized carbons (Fsp3) is 0.533. The summed E-state index contributed by atoms with van der Waals surface area (Å²) in [6.45, 7) is 3.75. The van der Waals surface area contributed by atoms with E-state index in [0.717, 1.165) is 12.0 Å². The first kappa shape index (κ1) is 16.8. The Hall–Kier alpha value is -1.26. The maximum absolute atomic E-state index is 11.9. The Morgan fingerprint density at radius 1 is 1.45 bits per heavy atom. The van der Waals surface area contributed by atoms with Crippen LogP contribution in [0.25, 0.3) is 0 Å². The fourth-order valence-electron chi connectivity index (χ4n) is 1.86. The number of nitrogens with zero attached hydrogens (tertiary/aromatic N) is 1. The molecule has 2 unspecified atom stereocenters. The lowest BCUT2D eigenvalue weighted by Crippen LogP contribution is -2.35. The summed E-state index contributed by atoms with van der Waals surface area (Å²) in [5, 5.41) is 0.504. The monoisotopic (exact) mass is 298 g/mol. The second kappa shape index (κ2) is 7.50. The van der Waals surface area contributed by atoms with Gasteiger partial charge in [0, 0.05) is 20.1 Å². The summed E-state index contributed by atoms with van der Waals surface area (Å²) in [6.07, 6.45) is 0.967. The van der Waals surface area contributed by atoms with Crippen molar-refractivity contribution < 1.29 is 9.53 Å². The molecule has 4 nitrogen and oxygen atoms in total. The third-order valence-electron chi connectivity index (χ3n) is 3.14. The highest BCUT2D eigenvalue weighted by Gasteiger charge is 2.20. The van der Waals surface area contributed by atoms with Gasteiger partial charge in [-0.1, -0.05) is 30.7 Å². The second-order valence-electron chi connectivity index (χ2n) is 5.09. The van der Waals surface area contributed by atoms with Crippen LogP contribution in [0.5, 0.6) is 5.75 Å². The summed E-state index contributed by atoms with van der Waals surface area (Å²) in [5.74, 6) is 0.455. The van der Waals surface area contributed by atoms with E-state index in [1.54, 1.807) is 27.1 Å². The number of likely N-dealkylation sites (N-methyl/N-ethyl adjacent to an activating group) is 1. The van der Waals surface area contributed by atoms with Crippen LogP contribution < -0.4 is 10.5 Å². The molecule has 0 aliphatic rings. The summed E-state index contributed by atoms with van der Waals surface area (Å²) in [4.78, 5) is 13.4. The molecule has 1 aromatic rings. The number of halogens is 1. The molecule has 0 aromatic heterocycles. The van der Waals surface area contributed by atoms with E-state index in [-0.39, 0.29) is 11.9 Å². The third-order valence-corrected chi connectivity index (χ3v) is 3.44. The molecule has 0 fully saturated rings. The number of nitrogens with two attached hydrogens (primary N) is 1. The van der Waals surface area contributed by atoms with Crippen molar-refractivity contribution in [3.63, 3.8) is 0 Å². The summed E-state index contributed by atoms with van der Waals surface area (Å²) in [5.41, 5.74) is 6.92. The molecule has 1 amide bonds. The van der Waals surface area contributed by atoms with Gasteiger partial charge in [0.15, 0.2) is 6.10 Å². The third kappa shape index (κ3) is 4.39. The first-order valence-corrected chi connectivity index (χ1v) is 7.15. The van der Waals surface area contributed by atoms with Crippen LogP contribution in [0.2, 0.25) is 5.02 Å². The molecular weight excluding hydrogens is 276 g/mol. The molecule has 0 bridgehead atoms. The van der Waals surface area contributed by atoms with Gasteiger partial charge in [0.1, 0.15) is 5.75 Å². The number of benzene rings is 1. The minimum absolute atomic E-state index is 0.0515. The Morgan fingerprint density at radius 3 is 2.65 bits per heavy atom. The van der Waals surface area contributed by atoms with E-state index in [0.29, 0.717) is 17.2 Å². The zero-order chi connectivity index (χ0) is 15.3. The summed E-state index contributed by atoms with van der Waals surface area (Å²) < 4.78 is 5.77. The van der Waals surface area contributed by atoms with Gasteiger partial charge in [-0.2, -0.15) is 0 Å². The van der Waals surface area contributed by atoms with Gasteiger partial charge in [0.05, 0.1) is 5.02 Å². The van der Waals surface area contributed by atoms with E-state index in [2.05, 4.69) is 0 Å². The first-order valence-electron chi connectivity index (χ1n) is 6.77. The smallest absolute Gasteiger partial charge is 0.262 e. The van der Waals surface area contributed by atoms with Crippen LogP contribution in [-0.2, 0) is 11.2 Å². The van der Waals surface area contributed by atoms with Gasteiger partial charge in [0.25, 0.3) is 5.91 Å². The lowest BCUT2D eigenvalue weighted by atomic mass is 10.0. The number of hydrogen-bond donors (Lipinski definition) is 1. The van der Waals surface area contributed by atoms with Crippen molar-refractivity contribution in [3.05, 3.63) is 28.8 Å². The number of hydrogen-bond acceptors (Lipinski definition) is 3. The number of amides is 1. The molecule has 0 aliphatic heterocycles. The second-order valence-corrected chi connectivity index (χ2v) is 5.50. The number of carbonyl (C=O) groups is 1. The van der Waals surface area contributed by atoms with Gasteiger partial charge in [-0.15, -0.1) is 0 Å². The van der Waals surface area contributed by atoms with Crippen molar-refractivity contribution in [1.29, 1.82) is 0 Å². The van der Waals surface area contributed by atoms with Gasteiger partial charge in [-0.05, 0) is 31.4 Å². The van der Waals surface area contributed by atoms with Crippen LogP contribution in [-0.4, -0.2) is 37.0 Å². The molecule has 20 heavy (non-hydrogen) atoms. The van der Waals surface area contributed by atoms with Gasteiger partial charge in [-0.25, -0.2) is 0 Å². The van der Waals surface area contributed by atoms with E-state index in [1.807, 2.05) is 19.1 Å². The molecule has 1 rings (SSSR count). The van der Waals surface area contributed by atoms with Crippen molar-refractivity contribution in [3.8, 4) is 5.75 Å². The minimum atomic E-state index is -0.582. The van der Waals surface area contributed by atoms with E-state index in [4.69, 9.17) is 22.1 Å². The van der Waals surface area contributed by atoms with Crippen molar-refractivity contribution in [2.45, 2.75) is 38.8 Å². The highest BCUT2D eigenvalue weighted by Crippen LogP contribution is 2.30. The van der Waals surface area contributed by atoms with Gasteiger partial charge in [-0.3, -0.25) is 4.79 Å². The number of ether oxygens (including phenoxy) is 1. The molecule has 112 valence electrons. The van der Waals surface area contributed by atoms with Gasteiger partial charge in [0.2, 0.25) is 0 Å². The fourth-order valence-corrected chi connectivity index (χ4v) is 2.10. The van der Waals surface area contributed by atoms with Gasteiger partial charge >= 0.3 is 0 Å². The normalized spacial score (nSPS) is 13.7. The number of rotatable bonds is 6. The zero-order valence-electron chi connectivity index (χ0n) is 12.5. The van der Waals surface area contributed by atoms with Crippen molar-refractivity contribution in [2.24, 2.45) is 5.73 Å². The maximum atomic E-state index is 11.9. The molecular formula is C15H23ClN2O2. The van der Waals surface area contributed by atoms with Gasteiger partial charge < -0.3 is 15.4 Å². The van der Waals surface area contributed by atoms with Crippen molar-refractivity contribution in [1.82, 2.24) is 4.90 Å². The van der Waals surface area contributed by atoms with E-state index < -0.39 is 6.10 Å². The predicted molar refractivity (Wildman–Crippen MR) is 82.2 cm³/mol. The highest BCUT2D eigenvalue weighted by molar-refractivity contribution is 6.32. The molecule has 0 spiro atoms. The maximum Gasteiger partial charge on any atom is 0.262 e. The van der Waals surface area contributed by atoms with Crippen LogP contribution in [0.1, 0.15) is 25.8 Å². The SMILES string of the molecule is CCC(N)Cc1cccc(Cl)c1OC(C)C(=O)N(C)C. The number of carbonyl (C=O) groups excluding carboxylic acids is 1. The Labute approximate surface area is 125 Å². The zero-order valence-corrected chi connectivity index (χ0v) is 13.3. The van der Waals surface area contributed by atoms with E-state index in [1.165, 1.54) is 4.90 Å². The Bertz CT molecular complexity index is 463. The summed E-state index contributed by atoms with van der Waals surface area (Å²) >= 11 is 6.19. The standard InChI is InChI=1S/C15H23ClN2O2/c1-5-12(17)9-11-7-6-8-13(16)14(11)20-10(2)15(19)18(3)4/h6-8,10,12H,5,9,17H2,1-4H3. The predicted octanol–water partition coefficient (Wildman–Crippen LogP) is 2.48. The quantitative estimate of drug-likeness (QED) is 0.878. The molecule has 0 aliphatic carbocycles. The van der Waals surface area contributed by atoms with Crippen LogP contribution in [0.3, 0.4) is 0 Å². The van der Waals surface area contributed by atoms with Crippen LogP contribution in [0, 0.1) is 0 Å². The Morgan fingerprint density at radius 2 is 2.10 bits per heavy atom. The molecule has 0 saturated carbocycles. The topological polar surface area (TPSA) is 55.6 Å². The summed E-state index contributed by atoms with van der Waals surface area (Å²) in [6, 6.07) is 5.61. The lowest BCUT2D eigenvalue weighted by Gasteiger charge is -2.21. The average molecular weight is 299 g/mol. The summed E-state index contributed by atoms with van der Waals surface area (Å²) in [7, 11) is 3.39. The average Bonchev–Trinajstić information content (AvgIpc) is 2.41. The van der Waals surface area contributed by atoms with Crippen molar-refractivity contribution >= 4 is 17.5 Å². The van der Waals surface area contributed by atoms with E-state index >= 15 is 0 Å². The van der Waals surface area contributed by atoms with Crippen LogP contribution in [0.15, 0.2) is 18.2 Å². The van der Waals surface area contributed by atoms with Crippen LogP contribution in [0.4, 0.5) is 0 Å². The highest BCUT2D eigenvalue weighted by atomic mass is 35.5. The van der Waals surface area contributed by atoms with E-state index in [9.17, 15) is 4.79 Å². The van der Waals surface area contributed by atoms with Crippen LogP contribution >= 0.6 is 11.6 Å². The molecule has 0 saturated heterocycles. The largest absolute Gasteiger partial charge is 0.479 e. The first-order chi connectivity index (χ1) is 9.36. The Kier molecular flexibility index (Phi) is 6.30. The minimum Gasteiger partial charge on any atom is -0.479 e. The number of para-hydroxylation sites is 1. The molecule has 2 atom stereocenters. The lowest BCUT2D eigenvalue weighted by molar-refractivity contribution is -0.135. The molecule has 0 radical (unpaired) electrons. The Balaban J connectivity index is 2.95. The molecule has 5 heteroatoms. The molecule has 0 heterocycles. The molecule has 1 aromatic carbocycles. The van der Waals surface area contributed by atoms with Crippen molar-refractivity contribution in [2.75, 3.05) is 14.1 Å². The molecule has 2 N–H and O–H groups in total.